The predicted octanol–water partition coefficient (Wildman–Crippen LogP) is 2.97. The maximum Gasteiger partial charge on any atom is 0.314 e. The van der Waals surface area contributed by atoms with Crippen molar-refractivity contribution in [2.45, 2.75) is 25.3 Å². The average molecular weight is 995 g/mol. The second kappa shape index (κ2) is 23.7. The Labute approximate surface area is 405 Å². The fourth-order valence-corrected chi connectivity index (χ4v) is 8.39. The van der Waals surface area contributed by atoms with Gasteiger partial charge in [-0.25, -0.2) is 18.6 Å². The Bertz CT molecular complexity index is 2600. The summed E-state index contributed by atoms with van der Waals surface area (Å²) in [5.74, 6) is -4.59. The third-order valence-corrected chi connectivity index (χ3v) is 12.1. The number of carbonyl (C=O) groups excluding carboxylic acids is 6. The number of phenols is 1. The summed E-state index contributed by atoms with van der Waals surface area (Å²) in [4.78, 5) is 89.7. The number of aromatic nitrogens is 2. The van der Waals surface area contributed by atoms with Crippen molar-refractivity contribution in [2.75, 3.05) is 121 Å². The number of rotatable bonds is 23. The molecule has 4 heterocycles. The van der Waals surface area contributed by atoms with E-state index in [0.717, 1.165) is 11.0 Å². The molecule has 374 valence electrons. The minimum Gasteiger partial charge on any atom is -0.507 e. The second-order valence-corrected chi connectivity index (χ2v) is 16.7. The number of benzene rings is 3. The summed E-state index contributed by atoms with van der Waals surface area (Å²) in [6.07, 6.45) is 0.141. The molecule has 0 bridgehead atoms. The highest BCUT2D eigenvalue weighted by molar-refractivity contribution is 6.34. The number of piperidine rings is 1. The van der Waals surface area contributed by atoms with Gasteiger partial charge < -0.3 is 55.1 Å². The highest BCUT2D eigenvalue weighted by atomic mass is 35.5. The molecule has 3 aromatic carbocycles. The maximum absolute atomic E-state index is 16.4. The molecule has 6 N–H and O–H groups in total. The van der Waals surface area contributed by atoms with Crippen molar-refractivity contribution < 1.29 is 61.6 Å². The first-order chi connectivity index (χ1) is 33.7. The number of piperazine rings is 1. The molecule has 2 fully saturated rings. The number of phenolic OH excluding ortho intramolecular Hbond substituents is 1. The van der Waals surface area contributed by atoms with E-state index >= 15 is 4.39 Å². The van der Waals surface area contributed by atoms with Gasteiger partial charge in [-0.2, -0.15) is 4.98 Å². The lowest BCUT2D eigenvalue weighted by Crippen LogP contribution is -2.54. The van der Waals surface area contributed by atoms with Crippen LogP contribution in [0.2, 0.25) is 5.02 Å². The Morgan fingerprint density at radius 2 is 1.53 bits per heavy atom. The molecule has 1 aromatic heterocycles. The van der Waals surface area contributed by atoms with Gasteiger partial charge in [-0.1, -0.05) is 23.7 Å². The Kier molecular flexibility index (Phi) is 17.3. The molecular formula is C46H53ClF2N10O11. The summed E-state index contributed by atoms with van der Waals surface area (Å²) in [7, 11) is 1.63. The number of anilines is 3. The molecule has 21 nitrogen and oxygen atoms in total. The lowest BCUT2D eigenvalue weighted by atomic mass is 10.0. The Balaban J connectivity index is 0.768. The standard InChI is InChI=1S/C46H53ClF2N10O11/c1-56(17-19-68-21-23-70-25-24-69-22-20-67-18-12-51-31-6-2-4-27-36(31)44(65)59(43(27)64)32-8-9-34(61)53-42(32)63)35(62)10-11-52-46-54-40-28(41(55-46)57-13-15-58(16-14-57)45(50)66)26-29(47)37(39(40)49)38-30(48)5-3-7-33(38)60/h2-7,26,32,51,60H,8-25H2,1H3,(H2,50,66)(H,52,54,55)(H,53,61,63). The molecule has 0 spiro atoms. The summed E-state index contributed by atoms with van der Waals surface area (Å²) in [6, 6.07) is 8.20. The molecular weight excluding hydrogens is 942 g/mol. The van der Waals surface area contributed by atoms with Crippen LogP contribution in [-0.4, -0.2) is 177 Å². The van der Waals surface area contributed by atoms with E-state index in [0.29, 0.717) is 70.7 Å². The van der Waals surface area contributed by atoms with Gasteiger partial charge in [0.2, 0.25) is 23.7 Å². The minimum atomic E-state index is -1.05. The molecule has 7 amide bonds. The van der Waals surface area contributed by atoms with E-state index < -0.39 is 58.6 Å². The molecule has 4 aromatic rings. The lowest BCUT2D eigenvalue weighted by Gasteiger charge is -2.35. The summed E-state index contributed by atoms with van der Waals surface area (Å²) < 4.78 is 53.7. The number of nitrogens with zero attached hydrogens (tertiary/aromatic N) is 6. The third-order valence-electron chi connectivity index (χ3n) is 11.8. The van der Waals surface area contributed by atoms with Gasteiger partial charge in [0, 0.05) is 82.3 Å². The number of ether oxygens (including phenoxy) is 4. The van der Waals surface area contributed by atoms with Gasteiger partial charge in [-0.3, -0.25) is 34.2 Å². The number of halogens is 3. The maximum atomic E-state index is 16.4. The molecule has 7 rings (SSSR count). The van der Waals surface area contributed by atoms with Crippen LogP contribution in [0.1, 0.15) is 40.0 Å². The molecule has 0 radical (unpaired) electrons. The van der Waals surface area contributed by atoms with Crippen LogP contribution in [0.3, 0.4) is 0 Å². The van der Waals surface area contributed by atoms with Crippen molar-refractivity contribution in [3.63, 3.8) is 0 Å². The molecule has 3 aliphatic heterocycles. The van der Waals surface area contributed by atoms with Crippen LogP contribution in [0.5, 0.6) is 5.75 Å². The average Bonchev–Trinajstić information content (AvgIpc) is 3.59. The van der Waals surface area contributed by atoms with E-state index in [9.17, 15) is 38.3 Å². The third kappa shape index (κ3) is 12.0. The summed E-state index contributed by atoms with van der Waals surface area (Å²) in [5.41, 5.74) is 5.27. The van der Waals surface area contributed by atoms with Crippen LogP contribution < -0.4 is 26.6 Å². The first kappa shape index (κ1) is 51.1. The number of imide groups is 2. The van der Waals surface area contributed by atoms with Crippen LogP contribution in [0, 0.1) is 11.6 Å². The Morgan fingerprint density at radius 3 is 2.20 bits per heavy atom. The molecule has 0 aliphatic carbocycles. The second-order valence-electron chi connectivity index (χ2n) is 16.3. The number of nitrogens with two attached hydrogens (primary N) is 1. The van der Waals surface area contributed by atoms with Crippen LogP contribution >= 0.6 is 11.6 Å². The van der Waals surface area contributed by atoms with E-state index in [2.05, 4.69) is 25.9 Å². The van der Waals surface area contributed by atoms with E-state index in [4.69, 9.17) is 36.3 Å². The van der Waals surface area contributed by atoms with Crippen LogP contribution in [0.25, 0.3) is 22.0 Å². The fraction of sp³-hybridized carbons (Fsp3) is 0.435. The molecule has 3 aliphatic rings. The summed E-state index contributed by atoms with van der Waals surface area (Å²) in [5, 5.41) is 18.8. The van der Waals surface area contributed by atoms with Crippen LogP contribution in [0.4, 0.5) is 31.0 Å². The first-order valence-electron chi connectivity index (χ1n) is 22.6. The highest BCUT2D eigenvalue weighted by Gasteiger charge is 2.45. The number of urea groups is 1. The topological polar surface area (TPSA) is 260 Å². The predicted molar refractivity (Wildman–Crippen MR) is 251 cm³/mol. The molecule has 70 heavy (non-hydrogen) atoms. The number of hydrogen-bond donors (Lipinski definition) is 5. The normalized spacial score (nSPS) is 15.9. The summed E-state index contributed by atoms with van der Waals surface area (Å²) >= 11 is 6.53. The molecule has 24 heteroatoms. The number of nitrogens with one attached hydrogen (secondary N) is 3. The highest BCUT2D eigenvalue weighted by Crippen LogP contribution is 2.42. The number of amides is 7. The van der Waals surface area contributed by atoms with Crippen LogP contribution in [-0.2, 0) is 33.3 Å². The number of carbonyl (C=O) groups is 6. The Hall–Kier alpha value is -6.79. The zero-order chi connectivity index (χ0) is 49.9. The zero-order valence-electron chi connectivity index (χ0n) is 38.3. The quantitative estimate of drug-likeness (QED) is 0.0529. The molecule has 0 saturated carbocycles. The number of aromatic hydroxyl groups is 1. The zero-order valence-corrected chi connectivity index (χ0v) is 39.0. The van der Waals surface area contributed by atoms with Gasteiger partial charge in [0.25, 0.3) is 11.8 Å². The van der Waals surface area contributed by atoms with Crippen molar-refractivity contribution in [2.24, 2.45) is 5.73 Å². The lowest BCUT2D eigenvalue weighted by molar-refractivity contribution is -0.136. The monoisotopic (exact) mass is 994 g/mol. The SMILES string of the molecule is CN(CCOCCOCCOCCOCCNc1cccc2c1C(=O)N(C1CCC(=O)NC1=O)C2=O)C(=O)CCNc1nc(N2CCN(C(N)=O)CC2)c2cc(Cl)c(-c3c(O)cccc3F)c(F)c2n1. The number of fused-ring (bicyclic) bond motifs is 2. The molecule has 1 atom stereocenters. The van der Waals surface area contributed by atoms with E-state index in [1.807, 2.05) is 4.90 Å². The molecule has 1 unspecified atom stereocenters. The first-order valence-corrected chi connectivity index (χ1v) is 23.0. The van der Waals surface area contributed by atoms with E-state index in [1.54, 1.807) is 19.2 Å². The largest absolute Gasteiger partial charge is 0.507 e. The molecule has 2 saturated heterocycles. The number of likely N-dealkylation sites (N-methyl/N-ethyl adjacent to an activating group) is 1. The van der Waals surface area contributed by atoms with E-state index in [-0.39, 0.29) is 103 Å². The van der Waals surface area contributed by atoms with Gasteiger partial charge in [0.15, 0.2) is 5.82 Å². The van der Waals surface area contributed by atoms with Crippen molar-refractivity contribution in [3.05, 3.63) is 70.2 Å². The fourth-order valence-electron chi connectivity index (χ4n) is 8.11. The number of hydrogen-bond acceptors (Lipinski definition) is 16. The van der Waals surface area contributed by atoms with Gasteiger partial charge in [0.1, 0.15) is 28.9 Å². The summed E-state index contributed by atoms with van der Waals surface area (Å²) in [6.45, 7) is 4.31. The van der Waals surface area contributed by atoms with Crippen molar-refractivity contribution in [1.29, 1.82) is 0 Å². The van der Waals surface area contributed by atoms with Gasteiger partial charge in [-0.15, -0.1) is 0 Å². The van der Waals surface area contributed by atoms with Crippen LogP contribution in [0.15, 0.2) is 42.5 Å². The van der Waals surface area contributed by atoms with Crippen molar-refractivity contribution in [1.82, 2.24) is 30.0 Å². The van der Waals surface area contributed by atoms with Gasteiger partial charge >= 0.3 is 6.03 Å². The Morgan fingerprint density at radius 1 is 0.857 bits per heavy atom. The minimum absolute atomic E-state index is 0.0107. The van der Waals surface area contributed by atoms with Gasteiger partial charge in [-0.05, 0) is 36.8 Å². The number of primary amides is 1. The smallest absolute Gasteiger partial charge is 0.314 e. The van der Waals surface area contributed by atoms with Crippen molar-refractivity contribution >= 4 is 75.5 Å². The van der Waals surface area contributed by atoms with Crippen molar-refractivity contribution in [3.8, 4) is 16.9 Å². The van der Waals surface area contributed by atoms with E-state index in [1.165, 1.54) is 34.1 Å². The van der Waals surface area contributed by atoms with Gasteiger partial charge in [0.05, 0.1) is 74.6 Å².